The van der Waals surface area contributed by atoms with Gasteiger partial charge < -0.3 is 10.5 Å². The van der Waals surface area contributed by atoms with Gasteiger partial charge in [-0.25, -0.2) is 0 Å². The van der Waals surface area contributed by atoms with Crippen LogP contribution < -0.4 is 10.5 Å². The summed E-state index contributed by atoms with van der Waals surface area (Å²) in [6.45, 7) is 5.74. The molecule has 3 atom stereocenters. The lowest BCUT2D eigenvalue weighted by atomic mass is 9.95. The van der Waals surface area contributed by atoms with Gasteiger partial charge in [0.15, 0.2) is 0 Å². The van der Waals surface area contributed by atoms with Crippen molar-refractivity contribution in [2.24, 2.45) is 5.73 Å². The summed E-state index contributed by atoms with van der Waals surface area (Å²) >= 11 is 0. The third-order valence-corrected chi connectivity index (χ3v) is 4.22. The van der Waals surface area contributed by atoms with Crippen molar-refractivity contribution in [1.29, 1.82) is 0 Å². The van der Waals surface area contributed by atoms with Gasteiger partial charge in [0.2, 0.25) is 0 Å². The Bertz CT molecular complexity index is 390. The van der Waals surface area contributed by atoms with E-state index in [1.54, 1.807) is 7.11 Å². The minimum atomic E-state index is 0.388. The lowest BCUT2D eigenvalue weighted by Crippen LogP contribution is -2.49. The topological polar surface area (TPSA) is 38.5 Å². The molecule has 1 fully saturated rings. The molecule has 0 aliphatic carbocycles. The highest BCUT2D eigenvalue weighted by Crippen LogP contribution is 2.21. The molecule has 1 aliphatic rings. The minimum absolute atomic E-state index is 0.388. The molecule has 1 aromatic rings. The molecule has 0 saturated carbocycles. The maximum absolute atomic E-state index is 6.03. The van der Waals surface area contributed by atoms with Crippen molar-refractivity contribution < 1.29 is 4.74 Å². The standard InChI is InChI=1S/C16H26N2O/c1-12(18-9-8-15(17)11-13(18)2)10-14-4-6-16(19-3)7-5-14/h4-7,12-13,15H,8-11,17H2,1-3H3. The van der Waals surface area contributed by atoms with E-state index in [0.29, 0.717) is 18.1 Å². The number of ether oxygens (including phenoxy) is 1. The molecule has 1 heterocycles. The van der Waals surface area contributed by atoms with Crippen molar-refractivity contribution in [2.45, 2.75) is 51.2 Å². The van der Waals surface area contributed by atoms with Crippen LogP contribution in [0, 0.1) is 0 Å². The van der Waals surface area contributed by atoms with E-state index in [1.165, 1.54) is 5.56 Å². The Morgan fingerprint density at radius 2 is 2.05 bits per heavy atom. The van der Waals surface area contributed by atoms with Crippen LogP contribution in [0.25, 0.3) is 0 Å². The second-order valence-corrected chi connectivity index (χ2v) is 5.77. The summed E-state index contributed by atoms with van der Waals surface area (Å²) in [6, 6.07) is 9.95. The molecule has 3 heteroatoms. The van der Waals surface area contributed by atoms with Gasteiger partial charge in [0.05, 0.1) is 7.11 Å². The van der Waals surface area contributed by atoms with Crippen LogP contribution in [0.4, 0.5) is 0 Å². The predicted molar refractivity (Wildman–Crippen MR) is 79.5 cm³/mol. The first kappa shape index (κ1) is 14.4. The molecule has 0 radical (unpaired) electrons. The summed E-state index contributed by atoms with van der Waals surface area (Å²) in [5.74, 6) is 0.925. The number of piperidine rings is 1. The van der Waals surface area contributed by atoms with Gasteiger partial charge in [-0.15, -0.1) is 0 Å². The largest absolute Gasteiger partial charge is 0.497 e. The number of nitrogens with zero attached hydrogens (tertiary/aromatic N) is 1. The van der Waals surface area contributed by atoms with Crippen LogP contribution in [0.2, 0.25) is 0 Å². The van der Waals surface area contributed by atoms with Gasteiger partial charge >= 0.3 is 0 Å². The van der Waals surface area contributed by atoms with Crippen molar-refractivity contribution in [3.05, 3.63) is 29.8 Å². The Morgan fingerprint density at radius 3 is 2.63 bits per heavy atom. The quantitative estimate of drug-likeness (QED) is 0.906. The highest BCUT2D eigenvalue weighted by Gasteiger charge is 2.26. The third-order valence-electron chi connectivity index (χ3n) is 4.22. The molecule has 1 aromatic carbocycles. The van der Waals surface area contributed by atoms with Crippen molar-refractivity contribution in [2.75, 3.05) is 13.7 Å². The molecule has 2 rings (SSSR count). The smallest absolute Gasteiger partial charge is 0.118 e. The summed E-state index contributed by atoms with van der Waals surface area (Å²) in [7, 11) is 1.70. The summed E-state index contributed by atoms with van der Waals surface area (Å²) in [4.78, 5) is 2.59. The predicted octanol–water partition coefficient (Wildman–Crippen LogP) is 2.44. The molecule has 0 bridgehead atoms. The third kappa shape index (κ3) is 3.71. The van der Waals surface area contributed by atoms with E-state index < -0.39 is 0 Å². The molecule has 2 N–H and O–H groups in total. The molecular weight excluding hydrogens is 236 g/mol. The molecule has 106 valence electrons. The van der Waals surface area contributed by atoms with Crippen LogP contribution in [0.1, 0.15) is 32.3 Å². The fourth-order valence-electron chi connectivity index (χ4n) is 3.10. The first-order valence-electron chi connectivity index (χ1n) is 7.24. The number of benzene rings is 1. The van der Waals surface area contributed by atoms with E-state index in [0.717, 1.165) is 31.6 Å². The number of nitrogens with two attached hydrogens (primary N) is 1. The monoisotopic (exact) mass is 262 g/mol. The van der Waals surface area contributed by atoms with Gasteiger partial charge in [0.1, 0.15) is 5.75 Å². The second-order valence-electron chi connectivity index (χ2n) is 5.77. The Kier molecular flexibility index (Phi) is 4.83. The van der Waals surface area contributed by atoms with E-state index in [9.17, 15) is 0 Å². The average molecular weight is 262 g/mol. The van der Waals surface area contributed by atoms with Gasteiger partial charge in [-0.1, -0.05) is 12.1 Å². The first-order chi connectivity index (χ1) is 9.10. The molecule has 0 aromatic heterocycles. The highest BCUT2D eigenvalue weighted by atomic mass is 16.5. The number of likely N-dealkylation sites (tertiary alicyclic amines) is 1. The number of hydrogen-bond donors (Lipinski definition) is 1. The summed E-state index contributed by atoms with van der Waals surface area (Å²) in [5.41, 5.74) is 7.40. The fraction of sp³-hybridized carbons (Fsp3) is 0.625. The second kappa shape index (κ2) is 6.40. The molecule has 19 heavy (non-hydrogen) atoms. The Morgan fingerprint density at radius 1 is 1.37 bits per heavy atom. The van der Waals surface area contributed by atoms with Gasteiger partial charge in [0.25, 0.3) is 0 Å². The Hall–Kier alpha value is -1.06. The van der Waals surface area contributed by atoms with Crippen molar-refractivity contribution >= 4 is 0 Å². The fourth-order valence-corrected chi connectivity index (χ4v) is 3.10. The number of rotatable bonds is 4. The van der Waals surface area contributed by atoms with Gasteiger partial charge in [-0.05, 0) is 50.8 Å². The van der Waals surface area contributed by atoms with E-state index in [1.807, 2.05) is 12.1 Å². The zero-order valence-corrected chi connectivity index (χ0v) is 12.3. The van der Waals surface area contributed by atoms with Crippen LogP contribution in [-0.4, -0.2) is 36.7 Å². The summed E-state index contributed by atoms with van der Waals surface area (Å²) in [6.07, 6.45) is 3.33. The molecule has 1 saturated heterocycles. The maximum atomic E-state index is 6.03. The molecular formula is C16H26N2O. The van der Waals surface area contributed by atoms with Crippen LogP contribution in [0.3, 0.4) is 0 Å². The number of hydrogen-bond acceptors (Lipinski definition) is 3. The highest BCUT2D eigenvalue weighted by molar-refractivity contribution is 5.27. The van der Waals surface area contributed by atoms with Gasteiger partial charge in [-0.3, -0.25) is 4.90 Å². The summed E-state index contributed by atoms with van der Waals surface area (Å²) in [5, 5.41) is 0. The van der Waals surface area contributed by atoms with Crippen LogP contribution in [0.15, 0.2) is 24.3 Å². The van der Waals surface area contributed by atoms with Crippen molar-refractivity contribution in [3.63, 3.8) is 0 Å². The van der Waals surface area contributed by atoms with E-state index in [-0.39, 0.29) is 0 Å². The van der Waals surface area contributed by atoms with Gasteiger partial charge in [0, 0.05) is 24.7 Å². The lowest BCUT2D eigenvalue weighted by molar-refractivity contribution is 0.104. The average Bonchev–Trinajstić information content (AvgIpc) is 2.39. The zero-order valence-electron chi connectivity index (χ0n) is 12.3. The molecule has 0 spiro atoms. The van der Waals surface area contributed by atoms with Crippen molar-refractivity contribution in [1.82, 2.24) is 4.90 Å². The normalized spacial score (nSPS) is 26.1. The minimum Gasteiger partial charge on any atom is -0.497 e. The maximum Gasteiger partial charge on any atom is 0.118 e. The van der Waals surface area contributed by atoms with E-state index >= 15 is 0 Å². The molecule has 3 nitrogen and oxygen atoms in total. The first-order valence-corrected chi connectivity index (χ1v) is 7.24. The van der Waals surface area contributed by atoms with E-state index in [4.69, 9.17) is 10.5 Å². The lowest BCUT2D eigenvalue weighted by Gasteiger charge is -2.40. The van der Waals surface area contributed by atoms with Crippen LogP contribution in [-0.2, 0) is 6.42 Å². The van der Waals surface area contributed by atoms with E-state index in [2.05, 4.69) is 30.9 Å². The van der Waals surface area contributed by atoms with Gasteiger partial charge in [-0.2, -0.15) is 0 Å². The SMILES string of the molecule is COc1ccc(CC(C)N2CCC(N)CC2C)cc1. The molecule has 3 unspecified atom stereocenters. The molecule has 0 amide bonds. The zero-order chi connectivity index (χ0) is 13.8. The molecule has 1 aliphatic heterocycles. The number of methoxy groups -OCH3 is 1. The van der Waals surface area contributed by atoms with Crippen LogP contribution in [0.5, 0.6) is 5.75 Å². The Labute approximate surface area is 116 Å². The van der Waals surface area contributed by atoms with Crippen molar-refractivity contribution in [3.8, 4) is 5.75 Å². The summed E-state index contributed by atoms with van der Waals surface area (Å²) < 4.78 is 5.20. The van der Waals surface area contributed by atoms with Crippen LogP contribution >= 0.6 is 0 Å². The Balaban J connectivity index is 1.94.